The highest BCUT2D eigenvalue weighted by atomic mass is 35.5. The summed E-state index contributed by atoms with van der Waals surface area (Å²) in [6.45, 7) is 3.38. The minimum absolute atomic E-state index is 0.699. The van der Waals surface area contributed by atoms with Crippen molar-refractivity contribution in [2.24, 2.45) is 0 Å². The molecule has 0 aliphatic carbocycles. The Morgan fingerprint density at radius 2 is 2.06 bits per heavy atom. The summed E-state index contributed by atoms with van der Waals surface area (Å²) < 4.78 is 5.53. The van der Waals surface area contributed by atoms with E-state index in [1.54, 1.807) is 0 Å². The monoisotopic (exact) mass is 235 g/mol. The van der Waals surface area contributed by atoms with E-state index in [1.807, 2.05) is 18.4 Å². The molecule has 2 nitrogen and oxygen atoms in total. The molecule has 1 fully saturated rings. The van der Waals surface area contributed by atoms with Gasteiger partial charge >= 0.3 is 0 Å². The average molecular weight is 236 g/mol. The first-order valence-electron chi connectivity index (χ1n) is 5.71. The van der Waals surface area contributed by atoms with Gasteiger partial charge in [0.25, 0.3) is 0 Å². The summed E-state index contributed by atoms with van der Waals surface area (Å²) in [5.41, 5.74) is 2.07. The van der Waals surface area contributed by atoms with E-state index in [2.05, 4.69) is 11.0 Å². The number of likely N-dealkylation sites (tertiary alicyclic amines) is 1. The summed E-state index contributed by atoms with van der Waals surface area (Å²) in [5, 5.41) is 1.85. The summed E-state index contributed by atoms with van der Waals surface area (Å²) >= 11 is 6.08. The Labute approximate surface area is 99.8 Å². The van der Waals surface area contributed by atoms with Crippen molar-refractivity contribution in [1.82, 2.24) is 4.90 Å². The molecule has 3 rings (SSSR count). The van der Waals surface area contributed by atoms with E-state index in [-0.39, 0.29) is 0 Å². The number of hydrogen-bond acceptors (Lipinski definition) is 2. The largest absolute Gasteiger partial charge is 0.462 e. The number of halogens is 1. The number of benzene rings is 1. The lowest BCUT2D eigenvalue weighted by atomic mass is 10.1. The maximum Gasteiger partial charge on any atom is 0.152 e. The quantitative estimate of drug-likeness (QED) is 0.790. The minimum atomic E-state index is 0.699. The van der Waals surface area contributed by atoms with Crippen LogP contribution in [0.25, 0.3) is 11.0 Å². The first kappa shape index (κ1) is 10.2. The van der Waals surface area contributed by atoms with Crippen LogP contribution in [0.1, 0.15) is 18.4 Å². The highest BCUT2D eigenvalue weighted by Crippen LogP contribution is 2.29. The van der Waals surface area contributed by atoms with Crippen molar-refractivity contribution < 1.29 is 4.42 Å². The van der Waals surface area contributed by atoms with Gasteiger partial charge in [-0.2, -0.15) is 0 Å². The Balaban J connectivity index is 1.94. The summed E-state index contributed by atoms with van der Waals surface area (Å²) in [5.74, 6) is 0. The molecule has 16 heavy (non-hydrogen) atoms. The van der Waals surface area contributed by atoms with Gasteiger partial charge < -0.3 is 4.42 Å². The molecule has 3 heteroatoms. The van der Waals surface area contributed by atoms with E-state index >= 15 is 0 Å². The van der Waals surface area contributed by atoms with E-state index in [0.29, 0.717) is 5.02 Å². The highest BCUT2D eigenvalue weighted by Gasteiger charge is 2.15. The molecule has 1 aliphatic rings. The molecule has 1 saturated heterocycles. The molecule has 1 aliphatic heterocycles. The summed E-state index contributed by atoms with van der Waals surface area (Å²) in [7, 11) is 0. The van der Waals surface area contributed by atoms with Crippen molar-refractivity contribution >= 4 is 22.6 Å². The standard InChI is InChI=1S/C13H14ClNO/c14-12-5-3-4-11-10(9-16-13(11)12)8-15-6-1-2-7-15/h3-5,9H,1-2,6-8H2. The first-order valence-corrected chi connectivity index (χ1v) is 6.09. The van der Waals surface area contributed by atoms with Crippen molar-refractivity contribution in [3.05, 3.63) is 35.0 Å². The van der Waals surface area contributed by atoms with Crippen LogP contribution in [0, 0.1) is 0 Å². The summed E-state index contributed by atoms with van der Waals surface area (Å²) in [6.07, 6.45) is 4.47. The van der Waals surface area contributed by atoms with Gasteiger partial charge in [-0.25, -0.2) is 0 Å². The second kappa shape index (κ2) is 4.11. The van der Waals surface area contributed by atoms with Gasteiger partial charge in [0.1, 0.15) is 0 Å². The normalized spacial score (nSPS) is 17.3. The lowest BCUT2D eigenvalue weighted by Crippen LogP contribution is -2.17. The second-order valence-electron chi connectivity index (χ2n) is 4.36. The molecular weight excluding hydrogens is 222 g/mol. The van der Waals surface area contributed by atoms with Crippen LogP contribution in [0.15, 0.2) is 28.9 Å². The third-order valence-electron chi connectivity index (χ3n) is 3.22. The molecule has 0 N–H and O–H groups in total. The third kappa shape index (κ3) is 1.72. The van der Waals surface area contributed by atoms with Crippen molar-refractivity contribution in [2.75, 3.05) is 13.1 Å². The lowest BCUT2D eigenvalue weighted by molar-refractivity contribution is 0.331. The van der Waals surface area contributed by atoms with Crippen molar-refractivity contribution in [3.8, 4) is 0 Å². The Morgan fingerprint density at radius 1 is 1.25 bits per heavy atom. The fourth-order valence-corrected chi connectivity index (χ4v) is 2.60. The second-order valence-corrected chi connectivity index (χ2v) is 4.77. The number of nitrogens with zero attached hydrogens (tertiary/aromatic N) is 1. The predicted molar refractivity (Wildman–Crippen MR) is 65.7 cm³/mol. The average Bonchev–Trinajstić information content (AvgIpc) is 2.90. The summed E-state index contributed by atoms with van der Waals surface area (Å²) in [6, 6.07) is 5.93. The molecule has 1 aromatic heterocycles. The molecule has 1 aromatic carbocycles. The van der Waals surface area contributed by atoms with Crippen LogP contribution < -0.4 is 0 Å². The van der Waals surface area contributed by atoms with Crippen molar-refractivity contribution in [1.29, 1.82) is 0 Å². The van der Waals surface area contributed by atoms with Crippen LogP contribution in [0.5, 0.6) is 0 Å². The molecule has 0 spiro atoms. The van der Waals surface area contributed by atoms with Crippen molar-refractivity contribution in [2.45, 2.75) is 19.4 Å². The Kier molecular flexibility index (Phi) is 2.62. The van der Waals surface area contributed by atoms with E-state index in [0.717, 1.165) is 17.5 Å². The van der Waals surface area contributed by atoms with Gasteiger partial charge in [0.05, 0.1) is 11.3 Å². The molecule has 0 amide bonds. The van der Waals surface area contributed by atoms with Gasteiger partial charge in [0.15, 0.2) is 5.58 Å². The lowest BCUT2D eigenvalue weighted by Gasteiger charge is -2.12. The number of para-hydroxylation sites is 1. The smallest absolute Gasteiger partial charge is 0.152 e. The SMILES string of the molecule is Clc1cccc2c(CN3CCCC3)coc12. The van der Waals surface area contributed by atoms with Gasteiger partial charge in [-0.3, -0.25) is 4.90 Å². The number of rotatable bonds is 2. The molecule has 2 aromatic rings. The Bertz CT molecular complexity index is 500. The van der Waals surface area contributed by atoms with Gasteiger partial charge in [-0.05, 0) is 32.0 Å². The van der Waals surface area contributed by atoms with Crippen LogP contribution in [0.3, 0.4) is 0 Å². The molecule has 0 saturated carbocycles. The van der Waals surface area contributed by atoms with Gasteiger partial charge in [0.2, 0.25) is 0 Å². The highest BCUT2D eigenvalue weighted by molar-refractivity contribution is 6.34. The van der Waals surface area contributed by atoms with Crippen LogP contribution in [0.2, 0.25) is 5.02 Å². The summed E-state index contributed by atoms with van der Waals surface area (Å²) in [4.78, 5) is 2.46. The zero-order valence-electron chi connectivity index (χ0n) is 9.08. The molecule has 0 atom stereocenters. The zero-order chi connectivity index (χ0) is 11.0. The molecule has 2 heterocycles. The third-order valence-corrected chi connectivity index (χ3v) is 3.52. The topological polar surface area (TPSA) is 16.4 Å². The molecule has 84 valence electrons. The zero-order valence-corrected chi connectivity index (χ0v) is 9.83. The van der Waals surface area contributed by atoms with Crippen molar-refractivity contribution in [3.63, 3.8) is 0 Å². The van der Waals surface area contributed by atoms with Gasteiger partial charge in [0, 0.05) is 17.5 Å². The van der Waals surface area contributed by atoms with Crippen LogP contribution >= 0.6 is 11.6 Å². The van der Waals surface area contributed by atoms with Crippen LogP contribution in [-0.4, -0.2) is 18.0 Å². The van der Waals surface area contributed by atoms with Gasteiger partial charge in [-0.1, -0.05) is 23.7 Å². The van der Waals surface area contributed by atoms with E-state index < -0.39 is 0 Å². The number of furan rings is 1. The number of fused-ring (bicyclic) bond motifs is 1. The minimum Gasteiger partial charge on any atom is -0.462 e. The fraction of sp³-hybridized carbons (Fsp3) is 0.385. The molecule has 0 radical (unpaired) electrons. The fourth-order valence-electron chi connectivity index (χ4n) is 2.38. The van der Waals surface area contributed by atoms with E-state index in [1.165, 1.54) is 31.5 Å². The van der Waals surface area contributed by atoms with E-state index in [9.17, 15) is 0 Å². The van der Waals surface area contributed by atoms with E-state index in [4.69, 9.17) is 16.0 Å². The van der Waals surface area contributed by atoms with Crippen LogP contribution in [0.4, 0.5) is 0 Å². The Hall–Kier alpha value is -0.990. The molecule has 0 unspecified atom stereocenters. The maximum absolute atomic E-state index is 6.08. The van der Waals surface area contributed by atoms with Gasteiger partial charge in [-0.15, -0.1) is 0 Å². The maximum atomic E-state index is 6.08. The Morgan fingerprint density at radius 3 is 2.88 bits per heavy atom. The molecular formula is C13H14ClNO. The van der Waals surface area contributed by atoms with Crippen LogP contribution in [-0.2, 0) is 6.54 Å². The number of hydrogen-bond donors (Lipinski definition) is 0. The predicted octanol–water partition coefficient (Wildman–Crippen LogP) is 3.68. The first-order chi connectivity index (χ1) is 7.84. The molecule has 0 bridgehead atoms.